The molecule has 5 atom stereocenters. The first-order valence-electron chi connectivity index (χ1n) is 9.76. The molecule has 2 fully saturated rings. The number of hydrogen-bond acceptors (Lipinski definition) is 5. The van der Waals surface area contributed by atoms with E-state index in [1.54, 1.807) is 0 Å². The highest BCUT2D eigenvalue weighted by Gasteiger charge is 2.55. The van der Waals surface area contributed by atoms with Gasteiger partial charge in [-0.1, -0.05) is 24.3 Å². The van der Waals surface area contributed by atoms with Gasteiger partial charge in [0, 0.05) is 31.3 Å². The van der Waals surface area contributed by atoms with Crippen LogP contribution in [0.5, 0.6) is 0 Å². The minimum atomic E-state index is -0.310. The Labute approximate surface area is 161 Å². The van der Waals surface area contributed by atoms with E-state index in [0.29, 0.717) is 24.8 Å². The summed E-state index contributed by atoms with van der Waals surface area (Å²) in [5, 5.41) is 0. The summed E-state index contributed by atoms with van der Waals surface area (Å²) in [4.78, 5) is 23.6. The Morgan fingerprint density at radius 2 is 2.04 bits per heavy atom. The molecular formula is C22H30O5. The van der Waals surface area contributed by atoms with Gasteiger partial charge in [-0.3, -0.25) is 4.79 Å². The standard InChI is InChI=1S/C22H30O5/c1-13-6-10-18(25-16(4)23)14(2)8-9-17-15(3)21(24)26-19(17)12-22(5)20(27-22)11-7-13/h6,8,17-20H,3,7,9-12H2,1-2,4-5H3/b13-6-,14-8+/t17-,18-,19+,20-,22-/m1/s1. The third kappa shape index (κ3) is 4.52. The number of epoxide rings is 1. The van der Waals surface area contributed by atoms with Crippen LogP contribution in [0, 0.1) is 5.92 Å². The first-order chi connectivity index (χ1) is 12.7. The predicted molar refractivity (Wildman–Crippen MR) is 102 cm³/mol. The second-order valence-electron chi connectivity index (χ2n) is 8.31. The molecule has 0 aromatic heterocycles. The Bertz CT molecular complexity index is 703. The number of carbonyl (C=O) groups is 2. The van der Waals surface area contributed by atoms with Gasteiger partial charge in [-0.05, 0) is 45.6 Å². The minimum Gasteiger partial charge on any atom is -0.458 e. The van der Waals surface area contributed by atoms with Crippen LogP contribution >= 0.6 is 0 Å². The van der Waals surface area contributed by atoms with Gasteiger partial charge in [0.25, 0.3) is 0 Å². The van der Waals surface area contributed by atoms with Gasteiger partial charge in [0.05, 0.1) is 11.7 Å². The van der Waals surface area contributed by atoms with Crippen LogP contribution in [-0.2, 0) is 23.8 Å². The van der Waals surface area contributed by atoms with Crippen molar-refractivity contribution in [1.29, 1.82) is 0 Å². The zero-order chi connectivity index (χ0) is 19.8. The second-order valence-corrected chi connectivity index (χ2v) is 8.31. The van der Waals surface area contributed by atoms with Crippen molar-refractivity contribution in [2.45, 2.75) is 83.7 Å². The average Bonchev–Trinajstić information content (AvgIpc) is 3.16. The topological polar surface area (TPSA) is 65.1 Å². The van der Waals surface area contributed by atoms with E-state index in [-0.39, 0.29) is 41.8 Å². The summed E-state index contributed by atoms with van der Waals surface area (Å²) < 4.78 is 17.1. The number of esters is 2. The Kier molecular flexibility index (Phi) is 5.61. The third-order valence-electron chi connectivity index (χ3n) is 6.05. The molecule has 0 aromatic carbocycles. The molecule has 2 aliphatic heterocycles. The van der Waals surface area contributed by atoms with E-state index >= 15 is 0 Å². The minimum absolute atomic E-state index is 0.0627. The van der Waals surface area contributed by atoms with E-state index in [1.165, 1.54) is 12.5 Å². The van der Waals surface area contributed by atoms with Crippen molar-refractivity contribution in [3.8, 4) is 0 Å². The first kappa shape index (κ1) is 19.9. The van der Waals surface area contributed by atoms with Crippen LogP contribution in [0.1, 0.15) is 59.8 Å². The molecule has 0 aromatic rings. The Morgan fingerprint density at radius 3 is 2.74 bits per heavy atom. The molecule has 0 amide bonds. The van der Waals surface area contributed by atoms with Gasteiger partial charge in [0.2, 0.25) is 0 Å². The lowest BCUT2D eigenvalue weighted by Crippen LogP contribution is -2.25. The van der Waals surface area contributed by atoms with Crippen molar-refractivity contribution in [1.82, 2.24) is 0 Å². The van der Waals surface area contributed by atoms with Crippen molar-refractivity contribution >= 4 is 11.9 Å². The van der Waals surface area contributed by atoms with Crippen molar-refractivity contribution in [3.63, 3.8) is 0 Å². The highest BCUT2D eigenvalue weighted by atomic mass is 16.6. The molecule has 3 aliphatic rings. The molecule has 27 heavy (non-hydrogen) atoms. The summed E-state index contributed by atoms with van der Waals surface area (Å²) in [5.41, 5.74) is 2.56. The Balaban J connectivity index is 1.85. The van der Waals surface area contributed by atoms with E-state index < -0.39 is 0 Å². The maximum atomic E-state index is 12.1. The first-order valence-corrected chi connectivity index (χ1v) is 9.76. The number of carbonyl (C=O) groups excluding carboxylic acids is 2. The highest BCUT2D eigenvalue weighted by Crippen LogP contribution is 2.47. The van der Waals surface area contributed by atoms with Crippen molar-refractivity contribution in [3.05, 3.63) is 35.5 Å². The van der Waals surface area contributed by atoms with Gasteiger partial charge in [0.15, 0.2) is 0 Å². The summed E-state index contributed by atoms with van der Waals surface area (Å²) in [7, 11) is 0. The molecule has 148 valence electrons. The van der Waals surface area contributed by atoms with Crippen LogP contribution in [0.4, 0.5) is 0 Å². The number of rotatable bonds is 1. The number of fused-ring (bicyclic) bond motifs is 2. The summed E-state index contributed by atoms with van der Waals surface area (Å²) in [6, 6.07) is 0. The van der Waals surface area contributed by atoms with E-state index in [0.717, 1.165) is 18.4 Å². The van der Waals surface area contributed by atoms with Crippen molar-refractivity contribution in [2.24, 2.45) is 5.92 Å². The summed E-state index contributed by atoms with van der Waals surface area (Å²) in [6.07, 6.45) is 7.77. The van der Waals surface area contributed by atoms with Gasteiger partial charge < -0.3 is 14.2 Å². The lowest BCUT2D eigenvalue weighted by molar-refractivity contribution is -0.144. The fraction of sp³-hybridized carbons (Fsp3) is 0.636. The highest BCUT2D eigenvalue weighted by molar-refractivity contribution is 5.90. The molecule has 0 radical (unpaired) electrons. The molecule has 2 saturated heterocycles. The lowest BCUT2D eigenvalue weighted by Gasteiger charge is -2.21. The maximum Gasteiger partial charge on any atom is 0.334 e. The molecule has 0 spiro atoms. The Hall–Kier alpha value is -1.88. The quantitative estimate of drug-likeness (QED) is 0.300. The van der Waals surface area contributed by atoms with Crippen molar-refractivity contribution < 1.29 is 23.8 Å². The SMILES string of the molecule is C=C1C(=O)O[C@H]2C[C@@]3(C)O[C@@H]3CC/C(C)=C\C[C@@H](OC(C)=O)/C(C)=C/C[C@H]12. The van der Waals surface area contributed by atoms with Gasteiger partial charge in [0.1, 0.15) is 12.2 Å². The molecule has 3 rings (SSSR count). The molecule has 2 heterocycles. The zero-order valence-electron chi connectivity index (χ0n) is 16.7. The van der Waals surface area contributed by atoms with Crippen molar-refractivity contribution in [2.75, 3.05) is 0 Å². The molecule has 0 bridgehead atoms. The monoisotopic (exact) mass is 374 g/mol. The largest absolute Gasteiger partial charge is 0.458 e. The number of hydrogen-bond donors (Lipinski definition) is 0. The Morgan fingerprint density at radius 1 is 1.30 bits per heavy atom. The number of ether oxygens (including phenoxy) is 3. The molecule has 0 saturated carbocycles. The fourth-order valence-electron chi connectivity index (χ4n) is 4.12. The molecule has 0 N–H and O–H groups in total. The summed E-state index contributed by atoms with van der Waals surface area (Å²) in [6.45, 7) is 11.6. The van der Waals surface area contributed by atoms with Crippen LogP contribution < -0.4 is 0 Å². The summed E-state index contributed by atoms with van der Waals surface area (Å²) in [5.74, 6) is -0.661. The normalized spacial score (nSPS) is 41.0. The third-order valence-corrected chi connectivity index (χ3v) is 6.05. The van der Waals surface area contributed by atoms with Crippen LogP contribution in [0.25, 0.3) is 0 Å². The second kappa shape index (κ2) is 7.63. The number of allylic oxidation sites excluding steroid dienone is 2. The van der Waals surface area contributed by atoms with Crippen LogP contribution in [0.3, 0.4) is 0 Å². The fourth-order valence-corrected chi connectivity index (χ4v) is 4.12. The van der Waals surface area contributed by atoms with Crippen LogP contribution in [-0.4, -0.2) is 35.9 Å². The molecule has 5 nitrogen and oxygen atoms in total. The molecular weight excluding hydrogens is 344 g/mol. The molecule has 1 aliphatic carbocycles. The van der Waals surface area contributed by atoms with Crippen LogP contribution in [0.15, 0.2) is 35.5 Å². The summed E-state index contributed by atoms with van der Waals surface area (Å²) >= 11 is 0. The van der Waals surface area contributed by atoms with Crippen LogP contribution in [0.2, 0.25) is 0 Å². The van der Waals surface area contributed by atoms with E-state index in [1.807, 2.05) is 6.92 Å². The van der Waals surface area contributed by atoms with E-state index in [4.69, 9.17) is 14.2 Å². The van der Waals surface area contributed by atoms with Gasteiger partial charge in [-0.2, -0.15) is 0 Å². The lowest BCUT2D eigenvalue weighted by atomic mass is 9.85. The average molecular weight is 374 g/mol. The van der Waals surface area contributed by atoms with E-state index in [2.05, 4.69) is 32.6 Å². The zero-order valence-corrected chi connectivity index (χ0v) is 16.7. The van der Waals surface area contributed by atoms with Gasteiger partial charge in [-0.15, -0.1) is 0 Å². The van der Waals surface area contributed by atoms with E-state index in [9.17, 15) is 9.59 Å². The van der Waals surface area contributed by atoms with Gasteiger partial charge >= 0.3 is 11.9 Å². The molecule has 5 heteroatoms. The molecule has 0 unspecified atom stereocenters. The predicted octanol–water partition coefficient (Wildman–Crippen LogP) is 4.03. The smallest absolute Gasteiger partial charge is 0.334 e. The maximum absolute atomic E-state index is 12.1. The van der Waals surface area contributed by atoms with Gasteiger partial charge in [-0.25, -0.2) is 4.79 Å².